The first-order valence-electron chi connectivity index (χ1n) is 6.68. The number of amides is 1. The maximum absolute atomic E-state index is 12.4. The minimum absolute atomic E-state index is 0.109. The lowest BCUT2D eigenvalue weighted by molar-refractivity contribution is -0.133. The maximum atomic E-state index is 12.4. The van der Waals surface area contributed by atoms with E-state index < -0.39 is 0 Å². The fraction of sp³-hybridized carbons (Fsp3) is 0.500. The quantitative estimate of drug-likeness (QED) is 0.880. The molecular formula is C14H16Cl2N2O2. The van der Waals surface area contributed by atoms with Gasteiger partial charge in [0.25, 0.3) is 0 Å². The molecule has 4 nitrogen and oxygen atoms in total. The lowest BCUT2D eigenvalue weighted by Crippen LogP contribution is -2.57. The van der Waals surface area contributed by atoms with Gasteiger partial charge in [0.2, 0.25) is 5.91 Å². The second-order valence-corrected chi connectivity index (χ2v) is 6.28. The van der Waals surface area contributed by atoms with Crippen LogP contribution in [-0.4, -0.2) is 41.6 Å². The Hall–Kier alpha value is -0.970. The highest BCUT2D eigenvalue weighted by Crippen LogP contribution is 2.44. The van der Waals surface area contributed by atoms with Crippen LogP contribution in [0.4, 0.5) is 0 Å². The summed E-state index contributed by atoms with van der Waals surface area (Å²) >= 11 is 12.3. The van der Waals surface area contributed by atoms with E-state index in [1.165, 1.54) is 6.07 Å². The molecule has 2 saturated heterocycles. The largest absolute Gasteiger partial charge is 0.508 e. The predicted octanol–water partition coefficient (Wildman–Crippen LogP) is 2.23. The molecule has 1 amide bonds. The van der Waals surface area contributed by atoms with Crippen molar-refractivity contribution in [2.75, 3.05) is 19.6 Å². The first-order valence-corrected chi connectivity index (χ1v) is 7.44. The van der Waals surface area contributed by atoms with Gasteiger partial charge in [-0.3, -0.25) is 4.79 Å². The number of hydrogen-bond donors (Lipinski definition) is 2. The summed E-state index contributed by atoms with van der Waals surface area (Å²) in [4.78, 5) is 14.3. The Morgan fingerprint density at radius 2 is 2.05 bits per heavy atom. The van der Waals surface area contributed by atoms with Crippen molar-refractivity contribution in [1.29, 1.82) is 0 Å². The monoisotopic (exact) mass is 314 g/mol. The number of nitrogens with one attached hydrogen (secondary N) is 1. The van der Waals surface area contributed by atoms with Gasteiger partial charge >= 0.3 is 0 Å². The molecule has 2 aliphatic heterocycles. The fourth-order valence-corrected chi connectivity index (χ4v) is 3.43. The molecule has 2 heterocycles. The molecule has 108 valence electrons. The standard InChI is InChI=1S/C14H16Cl2N2O2/c1-7-9(6-18(14(7)20)8-4-17-5-8)12-11(19)3-2-10(15)13(12)16/h2-3,7-9,17,19H,4-6H2,1H3/t7-,9-/m0/s1. The molecule has 2 atom stereocenters. The number of benzene rings is 1. The second-order valence-electron chi connectivity index (χ2n) is 5.49. The normalized spacial score (nSPS) is 26.9. The van der Waals surface area contributed by atoms with Crippen molar-refractivity contribution in [3.63, 3.8) is 0 Å². The summed E-state index contributed by atoms with van der Waals surface area (Å²) in [7, 11) is 0. The van der Waals surface area contributed by atoms with Crippen LogP contribution in [0.25, 0.3) is 0 Å². The molecule has 1 aromatic carbocycles. The van der Waals surface area contributed by atoms with E-state index in [1.54, 1.807) is 6.07 Å². The average molecular weight is 315 g/mol. The molecule has 1 aromatic rings. The molecule has 0 unspecified atom stereocenters. The molecule has 0 aliphatic carbocycles. The zero-order valence-electron chi connectivity index (χ0n) is 11.1. The van der Waals surface area contributed by atoms with Crippen LogP contribution in [-0.2, 0) is 4.79 Å². The number of nitrogens with zero attached hydrogens (tertiary/aromatic N) is 1. The summed E-state index contributed by atoms with van der Waals surface area (Å²) in [6, 6.07) is 3.36. The summed E-state index contributed by atoms with van der Waals surface area (Å²) in [6.07, 6.45) is 0. The molecule has 6 heteroatoms. The van der Waals surface area contributed by atoms with E-state index in [2.05, 4.69) is 5.32 Å². The number of hydrogen-bond acceptors (Lipinski definition) is 3. The number of phenolic OH excluding ortho intramolecular Hbond substituents is 1. The Morgan fingerprint density at radius 1 is 1.35 bits per heavy atom. The van der Waals surface area contributed by atoms with Crippen molar-refractivity contribution in [3.8, 4) is 5.75 Å². The van der Waals surface area contributed by atoms with Crippen LogP contribution in [0.5, 0.6) is 5.75 Å². The third-order valence-electron chi connectivity index (χ3n) is 4.35. The van der Waals surface area contributed by atoms with E-state index in [1.807, 2.05) is 11.8 Å². The summed E-state index contributed by atoms with van der Waals surface area (Å²) in [5.74, 6) is -0.0821. The van der Waals surface area contributed by atoms with Crippen molar-refractivity contribution < 1.29 is 9.90 Å². The number of likely N-dealkylation sites (tertiary alicyclic amines) is 1. The minimum atomic E-state index is -0.197. The zero-order chi connectivity index (χ0) is 14.4. The third kappa shape index (κ3) is 2.07. The van der Waals surface area contributed by atoms with Gasteiger partial charge in [0.15, 0.2) is 0 Å². The van der Waals surface area contributed by atoms with E-state index in [9.17, 15) is 9.90 Å². The topological polar surface area (TPSA) is 52.6 Å². The molecule has 2 N–H and O–H groups in total. The molecule has 2 fully saturated rings. The van der Waals surface area contributed by atoms with Crippen LogP contribution in [0.1, 0.15) is 18.4 Å². The molecule has 0 aromatic heterocycles. The van der Waals surface area contributed by atoms with E-state index in [-0.39, 0.29) is 29.5 Å². The first kappa shape index (κ1) is 14.0. The Morgan fingerprint density at radius 3 is 2.65 bits per heavy atom. The van der Waals surface area contributed by atoms with E-state index in [4.69, 9.17) is 23.2 Å². The minimum Gasteiger partial charge on any atom is -0.508 e. The van der Waals surface area contributed by atoms with Crippen LogP contribution in [0.2, 0.25) is 10.0 Å². The van der Waals surface area contributed by atoms with Crippen molar-refractivity contribution in [2.45, 2.75) is 18.9 Å². The SMILES string of the molecule is C[C@@H]1C(=O)N(C2CNC2)C[C@@H]1c1c(O)ccc(Cl)c1Cl. The molecule has 20 heavy (non-hydrogen) atoms. The fourth-order valence-electron chi connectivity index (χ4n) is 2.97. The summed E-state index contributed by atoms with van der Waals surface area (Å²) in [5.41, 5.74) is 0.592. The maximum Gasteiger partial charge on any atom is 0.226 e. The Bertz CT molecular complexity index is 560. The zero-order valence-corrected chi connectivity index (χ0v) is 12.6. The van der Waals surface area contributed by atoms with Gasteiger partial charge in [-0.05, 0) is 12.1 Å². The van der Waals surface area contributed by atoms with Crippen LogP contribution < -0.4 is 5.32 Å². The van der Waals surface area contributed by atoms with Crippen LogP contribution >= 0.6 is 23.2 Å². The van der Waals surface area contributed by atoms with Gasteiger partial charge in [-0.2, -0.15) is 0 Å². The number of halogens is 2. The number of carbonyl (C=O) groups excluding carboxylic acids is 1. The van der Waals surface area contributed by atoms with Crippen molar-refractivity contribution in [2.24, 2.45) is 5.92 Å². The third-order valence-corrected chi connectivity index (χ3v) is 5.17. The van der Waals surface area contributed by atoms with Gasteiger partial charge in [-0.1, -0.05) is 30.1 Å². The highest BCUT2D eigenvalue weighted by atomic mass is 35.5. The summed E-state index contributed by atoms with van der Waals surface area (Å²) in [6.45, 7) is 4.14. The van der Waals surface area contributed by atoms with Gasteiger partial charge in [0.1, 0.15) is 5.75 Å². The van der Waals surface area contributed by atoms with Crippen LogP contribution in [0.15, 0.2) is 12.1 Å². The van der Waals surface area contributed by atoms with Crippen molar-refractivity contribution >= 4 is 29.1 Å². The van der Waals surface area contributed by atoms with E-state index in [0.717, 1.165) is 13.1 Å². The van der Waals surface area contributed by atoms with E-state index in [0.29, 0.717) is 22.2 Å². The smallest absolute Gasteiger partial charge is 0.226 e. The van der Waals surface area contributed by atoms with Gasteiger partial charge in [0, 0.05) is 37.0 Å². The Labute approximate surface area is 127 Å². The summed E-state index contributed by atoms with van der Waals surface area (Å²) < 4.78 is 0. The average Bonchev–Trinajstić information content (AvgIpc) is 2.62. The highest BCUT2D eigenvalue weighted by Gasteiger charge is 2.44. The van der Waals surface area contributed by atoms with Crippen LogP contribution in [0.3, 0.4) is 0 Å². The number of aromatic hydroxyl groups is 1. The first-order chi connectivity index (χ1) is 9.50. The van der Waals surface area contributed by atoms with Gasteiger partial charge in [-0.15, -0.1) is 0 Å². The summed E-state index contributed by atoms with van der Waals surface area (Å²) in [5, 5.41) is 14.0. The molecule has 0 spiro atoms. The number of carbonyl (C=O) groups is 1. The van der Waals surface area contributed by atoms with Gasteiger partial charge < -0.3 is 15.3 Å². The lowest BCUT2D eigenvalue weighted by atomic mass is 9.89. The molecular weight excluding hydrogens is 299 g/mol. The molecule has 0 saturated carbocycles. The molecule has 0 radical (unpaired) electrons. The number of rotatable bonds is 2. The Balaban J connectivity index is 1.95. The van der Waals surface area contributed by atoms with Gasteiger partial charge in [-0.25, -0.2) is 0 Å². The molecule has 2 aliphatic rings. The van der Waals surface area contributed by atoms with Crippen molar-refractivity contribution in [3.05, 3.63) is 27.7 Å². The molecule has 3 rings (SSSR count). The lowest BCUT2D eigenvalue weighted by Gasteiger charge is -2.35. The van der Waals surface area contributed by atoms with Gasteiger partial charge in [0.05, 0.1) is 16.1 Å². The predicted molar refractivity (Wildman–Crippen MR) is 78.4 cm³/mol. The van der Waals surface area contributed by atoms with Crippen molar-refractivity contribution in [1.82, 2.24) is 10.2 Å². The Kier molecular flexibility index (Phi) is 3.56. The second kappa shape index (κ2) is 5.10. The van der Waals surface area contributed by atoms with Crippen LogP contribution in [0, 0.1) is 5.92 Å². The number of phenols is 1. The molecule has 0 bridgehead atoms. The highest BCUT2D eigenvalue weighted by molar-refractivity contribution is 6.42. The van der Waals surface area contributed by atoms with E-state index >= 15 is 0 Å².